The Bertz CT molecular complexity index is 923. The lowest BCUT2D eigenvalue weighted by Gasteiger charge is -2.34. The summed E-state index contributed by atoms with van der Waals surface area (Å²) in [5, 5.41) is 0.358. The Labute approximate surface area is 157 Å². The van der Waals surface area contributed by atoms with E-state index in [-0.39, 0.29) is 6.04 Å². The molecule has 0 bridgehead atoms. The zero-order valence-corrected chi connectivity index (χ0v) is 15.6. The monoisotopic (exact) mass is 372 g/mol. The molecule has 0 N–H and O–H groups in total. The minimum absolute atomic E-state index is 0.255. The van der Waals surface area contributed by atoms with Crippen LogP contribution in [-0.4, -0.2) is 25.8 Å². The largest absolute Gasteiger partial charge is 0.289 e. The van der Waals surface area contributed by atoms with Crippen molar-refractivity contribution in [3.8, 4) is 0 Å². The van der Waals surface area contributed by atoms with Crippen molar-refractivity contribution in [2.75, 3.05) is 6.54 Å². The molecule has 4 rings (SSSR count). The highest BCUT2D eigenvalue weighted by molar-refractivity contribution is 6.30. The molecule has 0 fully saturated rings. The number of pyridine rings is 2. The second kappa shape index (κ2) is 7.33. The number of rotatable bonds is 5. The third kappa shape index (κ3) is 3.10. The molecule has 0 saturated carbocycles. The standard InChI is InChI=1S/C20H22ClFN4/c1-2-12-25(16-8-3-6-14-7-5-11-23-19(14)16)13-15-20(21)26-17(22)9-4-10-18(26)24-15/h4-5,7,9-11,16H,2-3,6,8,12-13H2,1H3. The second-order valence-electron chi connectivity index (χ2n) is 6.82. The highest BCUT2D eigenvalue weighted by Gasteiger charge is 2.28. The minimum atomic E-state index is -0.391. The van der Waals surface area contributed by atoms with Gasteiger partial charge in [-0.1, -0.05) is 30.7 Å². The quantitative estimate of drug-likeness (QED) is 0.602. The summed E-state index contributed by atoms with van der Waals surface area (Å²) < 4.78 is 15.5. The van der Waals surface area contributed by atoms with Gasteiger partial charge in [-0.2, -0.15) is 4.39 Å². The molecule has 0 amide bonds. The summed E-state index contributed by atoms with van der Waals surface area (Å²) in [5.41, 5.74) is 3.76. The number of halogens is 2. The summed E-state index contributed by atoms with van der Waals surface area (Å²) in [5.74, 6) is -0.391. The maximum absolute atomic E-state index is 14.1. The fourth-order valence-corrected chi connectivity index (χ4v) is 4.20. The van der Waals surface area contributed by atoms with Gasteiger partial charge in [0.1, 0.15) is 10.8 Å². The molecule has 6 heteroatoms. The Balaban J connectivity index is 1.69. The van der Waals surface area contributed by atoms with Gasteiger partial charge in [0, 0.05) is 12.7 Å². The van der Waals surface area contributed by atoms with Gasteiger partial charge in [0.25, 0.3) is 0 Å². The number of imidazole rings is 1. The molecule has 1 atom stereocenters. The van der Waals surface area contributed by atoms with Crippen LogP contribution < -0.4 is 0 Å². The van der Waals surface area contributed by atoms with Crippen molar-refractivity contribution in [1.29, 1.82) is 0 Å². The van der Waals surface area contributed by atoms with E-state index in [2.05, 4.69) is 27.9 Å². The summed E-state index contributed by atoms with van der Waals surface area (Å²) in [6, 6.07) is 9.27. The van der Waals surface area contributed by atoms with E-state index in [1.807, 2.05) is 12.3 Å². The Kier molecular flexibility index (Phi) is 4.92. The third-order valence-corrected chi connectivity index (χ3v) is 5.46. The first-order chi connectivity index (χ1) is 12.7. The van der Waals surface area contributed by atoms with Gasteiger partial charge < -0.3 is 0 Å². The Morgan fingerprint density at radius 2 is 2.19 bits per heavy atom. The first-order valence-corrected chi connectivity index (χ1v) is 9.56. The van der Waals surface area contributed by atoms with Crippen LogP contribution in [0.5, 0.6) is 0 Å². The number of aromatic nitrogens is 3. The van der Waals surface area contributed by atoms with Crippen LogP contribution in [0.15, 0.2) is 36.5 Å². The van der Waals surface area contributed by atoms with Gasteiger partial charge in [-0.25, -0.2) is 4.98 Å². The number of aryl methyl sites for hydroxylation is 1. The normalized spacial score (nSPS) is 17.0. The van der Waals surface area contributed by atoms with Gasteiger partial charge in [0.15, 0.2) is 0 Å². The fraction of sp³-hybridized carbons (Fsp3) is 0.400. The van der Waals surface area contributed by atoms with E-state index in [0.717, 1.165) is 32.2 Å². The molecular weight excluding hydrogens is 351 g/mol. The van der Waals surface area contributed by atoms with Crippen LogP contribution in [0.25, 0.3) is 5.65 Å². The maximum atomic E-state index is 14.1. The van der Waals surface area contributed by atoms with Gasteiger partial charge in [0.2, 0.25) is 5.95 Å². The van der Waals surface area contributed by atoms with Crippen molar-refractivity contribution in [3.63, 3.8) is 0 Å². The number of hydrogen-bond acceptors (Lipinski definition) is 3. The van der Waals surface area contributed by atoms with E-state index in [4.69, 9.17) is 11.6 Å². The lowest BCUT2D eigenvalue weighted by Crippen LogP contribution is -2.32. The van der Waals surface area contributed by atoms with Gasteiger partial charge in [-0.15, -0.1) is 0 Å². The lowest BCUT2D eigenvalue weighted by atomic mass is 9.90. The molecule has 0 aromatic carbocycles. The SMILES string of the molecule is CCCN(Cc1nc2cccc(F)n2c1Cl)C1CCCc2cccnc21. The van der Waals surface area contributed by atoms with E-state index in [1.165, 1.54) is 21.7 Å². The van der Waals surface area contributed by atoms with Crippen molar-refractivity contribution < 1.29 is 4.39 Å². The first-order valence-electron chi connectivity index (χ1n) is 9.18. The molecule has 4 nitrogen and oxygen atoms in total. The molecule has 1 aliphatic rings. The number of nitrogens with zero attached hydrogens (tertiary/aromatic N) is 4. The molecule has 0 aliphatic heterocycles. The first kappa shape index (κ1) is 17.4. The van der Waals surface area contributed by atoms with E-state index in [0.29, 0.717) is 23.0 Å². The predicted molar refractivity (Wildman–Crippen MR) is 101 cm³/mol. The number of fused-ring (bicyclic) bond motifs is 2. The van der Waals surface area contributed by atoms with Crippen molar-refractivity contribution in [2.45, 2.75) is 45.2 Å². The van der Waals surface area contributed by atoms with Crippen LogP contribution in [0, 0.1) is 5.95 Å². The Morgan fingerprint density at radius 1 is 1.31 bits per heavy atom. The molecule has 0 radical (unpaired) electrons. The molecule has 3 aromatic heterocycles. The second-order valence-corrected chi connectivity index (χ2v) is 7.18. The maximum Gasteiger partial charge on any atom is 0.200 e. The fourth-order valence-electron chi connectivity index (χ4n) is 3.93. The third-order valence-electron chi connectivity index (χ3n) is 5.08. The average Bonchev–Trinajstić information content (AvgIpc) is 2.98. The molecule has 26 heavy (non-hydrogen) atoms. The van der Waals surface area contributed by atoms with E-state index < -0.39 is 5.95 Å². The average molecular weight is 373 g/mol. The van der Waals surface area contributed by atoms with Gasteiger partial charge in [0.05, 0.1) is 17.4 Å². The van der Waals surface area contributed by atoms with Crippen molar-refractivity contribution in [2.24, 2.45) is 0 Å². The molecule has 136 valence electrons. The highest BCUT2D eigenvalue weighted by Crippen LogP contribution is 2.34. The topological polar surface area (TPSA) is 33.4 Å². The predicted octanol–water partition coefficient (Wildman–Crippen LogP) is 4.81. The van der Waals surface area contributed by atoms with Crippen molar-refractivity contribution in [3.05, 3.63) is 64.6 Å². The minimum Gasteiger partial charge on any atom is -0.289 e. The van der Waals surface area contributed by atoms with Crippen molar-refractivity contribution in [1.82, 2.24) is 19.3 Å². The molecule has 0 spiro atoms. The zero-order valence-electron chi connectivity index (χ0n) is 14.8. The van der Waals surface area contributed by atoms with Crippen LogP contribution in [-0.2, 0) is 13.0 Å². The van der Waals surface area contributed by atoms with Crippen molar-refractivity contribution >= 4 is 17.2 Å². The molecule has 1 aliphatic carbocycles. The molecular formula is C20H22ClFN4. The van der Waals surface area contributed by atoms with Crippen LogP contribution >= 0.6 is 11.6 Å². The Hall–Kier alpha value is -1.98. The lowest BCUT2D eigenvalue weighted by molar-refractivity contribution is 0.164. The van der Waals surface area contributed by atoms with E-state index >= 15 is 0 Å². The Morgan fingerprint density at radius 3 is 3.00 bits per heavy atom. The summed E-state index contributed by atoms with van der Waals surface area (Å²) in [4.78, 5) is 11.6. The van der Waals surface area contributed by atoms with Crippen LogP contribution in [0.1, 0.15) is 49.2 Å². The van der Waals surface area contributed by atoms with Gasteiger partial charge >= 0.3 is 0 Å². The molecule has 3 aromatic rings. The van der Waals surface area contributed by atoms with Crippen LogP contribution in [0.3, 0.4) is 0 Å². The van der Waals surface area contributed by atoms with E-state index in [9.17, 15) is 4.39 Å². The highest BCUT2D eigenvalue weighted by atomic mass is 35.5. The van der Waals surface area contributed by atoms with Gasteiger partial charge in [-0.3, -0.25) is 14.3 Å². The van der Waals surface area contributed by atoms with Gasteiger partial charge in [-0.05, 0) is 56.0 Å². The smallest absolute Gasteiger partial charge is 0.200 e. The number of hydrogen-bond donors (Lipinski definition) is 0. The summed E-state index contributed by atoms with van der Waals surface area (Å²) in [6.07, 6.45) is 6.20. The van der Waals surface area contributed by atoms with Crippen LogP contribution in [0.2, 0.25) is 5.15 Å². The molecule has 3 heterocycles. The molecule has 1 unspecified atom stereocenters. The summed E-state index contributed by atoms with van der Waals surface area (Å²) in [7, 11) is 0. The molecule has 0 saturated heterocycles. The van der Waals surface area contributed by atoms with E-state index in [1.54, 1.807) is 12.1 Å². The van der Waals surface area contributed by atoms with Crippen LogP contribution in [0.4, 0.5) is 4.39 Å². The zero-order chi connectivity index (χ0) is 18.1. The summed E-state index contributed by atoms with van der Waals surface area (Å²) in [6.45, 7) is 3.68. The summed E-state index contributed by atoms with van der Waals surface area (Å²) >= 11 is 6.46.